The molecular formula is C44H74N10O14. The fourth-order valence-electron chi connectivity index (χ4n) is 8.16. The number of aliphatic hydroxyl groups is 1. The van der Waals surface area contributed by atoms with Gasteiger partial charge in [-0.15, -0.1) is 0 Å². The third-order valence-corrected chi connectivity index (χ3v) is 11.6. The minimum Gasteiger partial charge on any atom is -0.481 e. The van der Waals surface area contributed by atoms with Gasteiger partial charge in [0, 0.05) is 25.9 Å². The number of amides is 8. The van der Waals surface area contributed by atoms with Crippen LogP contribution < -0.4 is 43.4 Å². The second kappa shape index (κ2) is 29.2. The molecule has 0 bridgehead atoms. The molecule has 8 amide bonds. The van der Waals surface area contributed by atoms with Gasteiger partial charge < -0.3 is 73.3 Å². The number of hydrogen-bond donors (Lipinski definition) is 11. The Kier molecular flexibility index (Phi) is 25.1. The van der Waals surface area contributed by atoms with Gasteiger partial charge >= 0.3 is 11.9 Å². The van der Waals surface area contributed by atoms with Crippen molar-refractivity contribution in [1.29, 1.82) is 0 Å². The Morgan fingerprint density at radius 1 is 0.618 bits per heavy atom. The summed E-state index contributed by atoms with van der Waals surface area (Å²) in [6, 6.07) is -10.0. The standard InChI is InChI=1S/C44H74N10O14/c1-24(2)20-27(23-55)47-38(62)28(13-15-35(58)59)48-39(63)29(14-16-36(60)61)49-40(64)31(21-25(3)4)51-41(65)32-11-8-18-53(32)44(68)33-12-9-19-54(33)43(67)30(10-6-7-17-45)50-42(66)37(26(5)56)52-34(57)22-46/h23-33,37,56H,6-22,45-46H2,1-5H3,(H,47,62)(H,48,63)(H,49,64)(H,50,66)(H,51,65)(H,52,57)(H,58,59)(H,60,61)/t26-,27+,28+,29+,30+,31+,32+,33+,37+/m1/s1. The van der Waals surface area contributed by atoms with Crippen molar-refractivity contribution in [2.24, 2.45) is 23.3 Å². The van der Waals surface area contributed by atoms with E-state index in [4.69, 9.17) is 11.5 Å². The minimum absolute atomic E-state index is 0.00663. The Morgan fingerprint density at radius 2 is 1.13 bits per heavy atom. The lowest BCUT2D eigenvalue weighted by Gasteiger charge is -2.34. The normalized spacial score (nSPS) is 18.9. The second-order valence-electron chi connectivity index (χ2n) is 18.3. The van der Waals surface area contributed by atoms with Crippen LogP contribution in [-0.2, 0) is 52.7 Å². The zero-order valence-corrected chi connectivity index (χ0v) is 39.8. The highest BCUT2D eigenvalue weighted by atomic mass is 16.4. The number of aldehydes is 1. The van der Waals surface area contributed by atoms with E-state index in [1.165, 1.54) is 16.7 Å². The SMILES string of the molecule is CC(C)C[C@@H](C=O)NC(=O)[C@H](CCC(=O)O)NC(=O)[C@H](CCC(=O)O)NC(=O)[C@H](CC(C)C)NC(=O)[C@@H]1CCCN1C(=O)[C@@H]1CCCN1C(=O)[C@H](CCCCN)NC(=O)[C@@H](NC(=O)CN)[C@@H](C)O. The van der Waals surface area contributed by atoms with Gasteiger partial charge in [0.1, 0.15) is 48.6 Å². The summed E-state index contributed by atoms with van der Waals surface area (Å²) < 4.78 is 0. The van der Waals surface area contributed by atoms with Gasteiger partial charge in [-0.2, -0.15) is 0 Å². The van der Waals surface area contributed by atoms with Crippen LogP contribution in [0.15, 0.2) is 0 Å². The van der Waals surface area contributed by atoms with Crippen molar-refractivity contribution in [2.45, 2.75) is 173 Å². The molecule has 9 atom stereocenters. The lowest BCUT2D eigenvalue weighted by molar-refractivity contribution is -0.148. The van der Waals surface area contributed by atoms with Crippen molar-refractivity contribution >= 4 is 65.5 Å². The highest BCUT2D eigenvalue weighted by Crippen LogP contribution is 2.27. The Bertz CT molecular complexity index is 1780. The first-order chi connectivity index (χ1) is 32.0. The first-order valence-corrected chi connectivity index (χ1v) is 23.4. The number of nitrogens with two attached hydrogens (primary N) is 2. The summed E-state index contributed by atoms with van der Waals surface area (Å²) >= 11 is 0. The molecule has 2 saturated heterocycles. The van der Waals surface area contributed by atoms with Gasteiger partial charge in [-0.1, -0.05) is 27.7 Å². The average molecular weight is 967 g/mol. The van der Waals surface area contributed by atoms with Gasteiger partial charge in [0.15, 0.2) is 0 Å². The van der Waals surface area contributed by atoms with E-state index in [1.807, 2.05) is 13.8 Å². The number of unbranched alkanes of at least 4 members (excludes halogenated alkanes) is 1. The van der Waals surface area contributed by atoms with Crippen molar-refractivity contribution in [3.8, 4) is 0 Å². The molecule has 68 heavy (non-hydrogen) atoms. The first-order valence-electron chi connectivity index (χ1n) is 23.4. The van der Waals surface area contributed by atoms with Crippen LogP contribution >= 0.6 is 0 Å². The molecule has 2 rings (SSSR count). The van der Waals surface area contributed by atoms with E-state index in [0.717, 1.165) is 0 Å². The zero-order valence-electron chi connectivity index (χ0n) is 39.8. The molecule has 2 heterocycles. The van der Waals surface area contributed by atoms with E-state index >= 15 is 0 Å². The van der Waals surface area contributed by atoms with Gasteiger partial charge in [0.25, 0.3) is 0 Å². The van der Waals surface area contributed by atoms with Crippen LogP contribution in [0.4, 0.5) is 0 Å². The van der Waals surface area contributed by atoms with Crippen LogP contribution in [0.25, 0.3) is 0 Å². The molecular weight excluding hydrogens is 893 g/mol. The van der Waals surface area contributed by atoms with Crippen LogP contribution in [0.5, 0.6) is 0 Å². The van der Waals surface area contributed by atoms with Gasteiger partial charge in [-0.25, -0.2) is 0 Å². The van der Waals surface area contributed by atoms with E-state index in [0.29, 0.717) is 38.5 Å². The Balaban J connectivity index is 2.33. The number of rotatable bonds is 30. The summed E-state index contributed by atoms with van der Waals surface area (Å²) in [6.45, 7) is 8.60. The molecule has 384 valence electrons. The fraction of sp³-hybridized carbons (Fsp3) is 0.750. The molecule has 0 aromatic rings. The molecule has 13 N–H and O–H groups in total. The molecule has 0 radical (unpaired) electrons. The van der Waals surface area contributed by atoms with Crippen molar-refractivity contribution < 1.29 is 68.1 Å². The summed E-state index contributed by atoms with van der Waals surface area (Å²) in [5.41, 5.74) is 11.1. The largest absolute Gasteiger partial charge is 0.481 e. The molecule has 24 nitrogen and oxygen atoms in total. The average Bonchev–Trinajstić information content (AvgIpc) is 3.97. The predicted octanol–water partition coefficient (Wildman–Crippen LogP) is -2.63. The number of likely N-dealkylation sites (tertiary alicyclic amines) is 2. The number of carboxylic acids is 2. The number of nitrogens with zero attached hydrogens (tertiary/aromatic N) is 2. The van der Waals surface area contributed by atoms with Crippen LogP contribution in [0.3, 0.4) is 0 Å². The lowest BCUT2D eigenvalue weighted by atomic mass is 10.0. The van der Waals surface area contributed by atoms with Crippen molar-refractivity contribution in [3.63, 3.8) is 0 Å². The number of carbonyl (C=O) groups is 11. The molecule has 2 aliphatic heterocycles. The molecule has 0 unspecified atom stereocenters. The zero-order chi connectivity index (χ0) is 51.2. The van der Waals surface area contributed by atoms with Crippen LogP contribution in [-0.4, -0.2) is 171 Å². The van der Waals surface area contributed by atoms with Gasteiger partial charge in [-0.05, 0) is 95.9 Å². The van der Waals surface area contributed by atoms with Gasteiger partial charge in [0.2, 0.25) is 47.3 Å². The number of hydrogen-bond acceptors (Lipinski definition) is 14. The Hall–Kier alpha value is -5.75. The highest BCUT2D eigenvalue weighted by molar-refractivity contribution is 5.98. The Labute approximate surface area is 396 Å². The molecule has 0 aromatic heterocycles. The third kappa shape index (κ3) is 19.1. The number of nitrogens with one attached hydrogen (secondary N) is 6. The maximum atomic E-state index is 14.3. The molecule has 0 aromatic carbocycles. The van der Waals surface area contributed by atoms with E-state index in [9.17, 15) is 68.1 Å². The van der Waals surface area contributed by atoms with Crippen molar-refractivity contribution in [3.05, 3.63) is 0 Å². The van der Waals surface area contributed by atoms with E-state index < -0.39 is 146 Å². The van der Waals surface area contributed by atoms with Crippen LogP contribution in [0.2, 0.25) is 0 Å². The minimum atomic E-state index is -1.58. The summed E-state index contributed by atoms with van der Waals surface area (Å²) in [4.78, 5) is 146. The number of carboxylic acid groups (broad SMARTS) is 2. The molecule has 0 spiro atoms. The van der Waals surface area contributed by atoms with Crippen LogP contribution in [0, 0.1) is 11.8 Å². The molecule has 2 fully saturated rings. The maximum Gasteiger partial charge on any atom is 0.303 e. The predicted molar refractivity (Wildman–Crippen MR) is 243 cm³/mol. The van der Waals surface area contributed by atoms with Crippen molar-refractivity contribution in [1.82, 2.24) is 41.7 Å². The summed E-state index contributed by atoms with van der Waals surface area (Å²) in [5.74, 6) is -8.95. The number of aliphatic hydroxyl groups excluding tert-OH is 1. The molecule has 2 aliphatic rings. The molecule has 0 aliphatic carbocycles. The fourth-order valence-corrected chi connectivity index (χ4v) is 8.16. The van der Waals surface area contributed by atoms with Crippen LogP contribution in [0.1, 0.15) is 118 Å². The van der Waals surface area contributed by atoms with E-state index in [2.05, 4.69) is 31.9 Å². The topological polar surface area (TPSA) is 379 Å². The first kappa shape index (κ1) is 58.4. The third-order valence-electron chi connectivity index (χ3n) is 11.6. The monoisotopic (exact) mass is 967 g/mol. The number of carbonyl (C=O) groups excluding carboxylic acids is 9. The summed E-state index contributed by atoms with van der Waals surface area (Å²) in [6.07, 6.45) is -0.242. The highest BCUT2D eigenvalue weighted by Gasteiger charge is 2.44. The summed E-state index contributed by atoms with van der Waals surface area (Å²) in [5, 5.41) is 44.1. The molecule has 24 heteroatoms. The molecule has 0 saturated carbocycles. The van der Waals surface area contributed by atoms with Gasteiger partial charge in [-0.3, -0.25) is 47.9 Å². The second-order valence-corrected chi connectivity index (χ2v) is 18.3. The Morgan fingerprint density at radius 3 is 1.63 bits per heavy atom. The van der Waals surface area contributed by atoms with E-state index in [-0.39, 0.29) is 57.0 Å². The smallest absolute Gasteiger partial charge is 0.303 e. The quantitative estimate of drug-likeness (QED) is 0.0259. The summed E-state index contributed by atoms with van der Waals surface area (Å²) in [7, 11) is 0. The van der Waals surface area contributed by atoms with E-state index in [1.54, 1.807) is 13.8 Å². The van der Waals surface area contributed by atoms with Crippen molar-refractivity contribution in [2.75, 3.05) is 26.2 Å². The maximum absolute atomic E-state index is 14.3. The van der Waals surface area contributed by atoms with Gasteiger partial charge in [0.05, 0.1) is 18.7 Å². The lowest BCUT2D eigenvalue weighted by Crippen LogP contribution is -2.60. The number of aliphatic carboxylic acids is 2.